The average Bonchev–Trinajstić information content (AvgIpc) is 3.22. The minimum Gasteiger partial charge on any atom is -0.508 e. The predicted molar refractivity (Wildman–Crippen MR) is 108 cm³/mol. The summed E-state index contributed by atoms with van der Waals surface area (Å²) in [7, 11) is 1.57. The maximum Gasteiger partial charge on any atom is 0.273 e. The van der Waals surface area contributed by atoms with Crippen LogP contribution in [-0.4, -0.2) is 51.5 Å². The molecule has 1 amide bonds. The fraction of sp³-hybridized carbons (Fsp3) is 0.238. The van der Waals surface area contributed by atoms with Crippen molar-refractivity contribution in [3.05, 3.63) is 63.8 Å². The van der Waals surface area contributed by atoms with Gasteiger partial charge in [-0.1, -0.05) is 23.7 Å². The molecule has 1 aliphatic heterocycles. The molecule has 1 atom stereocenters. The summed E-state index contributed by atoms with van der Waals surface area (Å²) in [6, 6.07) is 9.47. The molecule has 2 heterocycles. The quantitative estimate of drug-likeness (QED) is 0.593. The lowest BCUT2D eigenvalue weighted by molar-refractivity contribution is 0.0677. The number of aryl methyl sites for hydroxylation is 1. The van der Waals surface area contributed by atoms with Crippen molar-refractivity contribution in [2.75, 3.05) is 20.3 Å². The van der Waals surface area contributed by atoms with E-state index in [2.05, 4.69) is 10.2 Å². The molecule has 8 heteroatoms. The van der Waals surface area contributed by atoms with E-state index in [1.165, 1.54) is 0 Å². The Bertz CT molecular complexity index is 1100. The van der Waals surface area contributed by atoms with Crippen molar-refractivity contribution in [2.24, 2.45) is 0 Å². The van der Waals surface area contributed by atoms with Crippen molar-refractivity contribution in [1.82, 2.24) is 15.1 Å². The van der Waals surface area contributed by atoms with E-state index in [-0.39, 0.29) is 17.4 Å². The summed E-state index contributed by atoms with van der Waals surface area (Å²) in [5.41, 5.74) is 3.33. The number of rotatable bonds is 5. The lowest BCUT2D eigenvalue weighted by Gasteiger charge is -2.26. The Balaban J connectivity index is 1.91. The number of hydrogen-bond acceptors (Lipinski definition) is 5. The van der Waals surface area contributed by atoms with Crippen molar-refractivity contribution in [3.8, 4) is 22.8 Å². The zero-order valence-electron chi connectivity index (χ0n) is 15.9. The third-order valence-corrected chi connectivity index (χ3v) is 5.53. The third-order valence-electron chi connectivity index (χ3n) is 5.12. The highest BCUT2D eigenvalue weighted by Gasteiger charge is 2.42. The van der Waals surface area contributed by atoms with Gasteiger partial charge in [0.25, 0.3) is 5.91 Å². The highest BCUT2D eigenvalue weighted by atomic mass is 35.5. The number of benzene rings is 2. The summed E-state index contributed by atoms with van der Waals surface area (Å²) in [5, 5.41) is 28.1. The predicted octanol–water partition coefficient (Wildman–Crippen LogP) is 3.64. The molecular weight excluding hydrogens is 394 g/mol. The number of aromatic nitrogens is 2. The Hall–Kier alpha value is -3.03. The van der Waals surface area contributed by atoms with Gasteiger partial charge >= 0.3 is 0 Å². The molecule has 7 nitrogen and oxygen atoms in total. The maximum absolute atomic E-state index is 13.1. The van der Waals surface area contributed by atoms with Crippen molar-refractivity contribution in [1.29, 1.82) is 0 Å². The number of ether oxygens (including phenoxy) is 1. The van der Waals surface area contributed by atoms with Crippen LogP contribution in [0.5, 0.6) is 11.5 Å². The number of H-pyrrole nitrogens is 1. The van der Waals surface area contributed by atoms with E-state index >= 15 is 0 Å². The van der Waals surface area contributed by atoms with Crippen LogP contribution >= 0.6 is 11.6 Å². The van der Waals surface area contributed by atoms with Crippen LogP contribution in [-0.2, 0) is 4.74 Å². The molecule has 0 radical (unpaired) electrons. The van der Waals surface area contributed by atoms with E-state index in [1.54, 1.807) is 49.3 Å². The standard InChI is InChI=1S/C21H20ClN3O4/c1-11-8-16(27)14(10-15(11)22)18-17-19(24-23-18)21(28)25(6-7-29-2)20(17)12-4-3-5-13(26)9-12/h3-5,8-10,20,26-27H,6-7H2,1-2H3,(H,23,24)/t20-/m1/s1. The minimum absolute atomic E-state index is 0.0265. The third kappa shape index (κ3) is 3.22. The van der Waals surface area contributed by atoms with Crippen molar-refractivity contribution in [2.45, 2.75) is 13.0 Å². The van der Waals surface area contributed by atoms with Gasteiger partial charge in [0.1, 0.15) is 22.9 Å². The van der Waals surface area contributed by atoms with Gasteiger partial charge in [-0.05, 0) is 42.3 Å². The maximum atomic E-state index is 13.1. The van der Waals surface area contributed by atoms with Crippen LogP contribution in [0.3, 0.4) is 0 Å². The molecule has 3 N–H and O–H groups in total. The number of hydrogen-bond donors (Lipinski definition) is 3. The van der Waals surface area contributed by atoms with Gasteiger partial charge in [-0.3, -0.25) is 9.89 Å². The Morgan fingerprint density at radius 3 is 2.79 bits per heavy atom. The molecule has 1 aliphatic rings. The van der Waals surface area contributed by atoms with Gasteiger partial charge in [0.2, 0.25) is 0 Å². The van der Waals surface area contributed by atoms with Crippen LogP contribution in [0.4, 0.5) is 0 Å². The van der Waals surface area contributed by atoms with Crippen LogP contribution in [0.25, 0.3) is 11.3 Å². The highest BCUT2D eigenvalue weighted by molar-refractivity contribution is 6.31. The number of phenols is 2. The van der Waals surface area contributed by atoms with Crippen LogP contribution in [0, 0.1) is 6.92 Å². The summed E-state index contributed by atoms with van der Waals surface area (Å²) >= 11 is 6.28. The SMILES string of the molecule is COCCN1C(=O)c2[nH]nc(-c3cc(Cl)c(C)cc3O)c2[C@H]1c1cccc(O)c1. The summed E-state index contributed by atoms with van der Waals surface area (Å²) in [4.78, 5) is 14.7. The molecule has 150 valence electrons. The monoisotopic (exact) mass is 413 g/mol. The Morgan fingerprint density at radius 1 is 1.28 bits per heavy atom. The van der Waals surface area contributed by atoms with Gasteiger partial charge in [0.15, 0.2) is 0 Å². The second-order valence-corrected chi connectivity index (χ2v) is 7.38. The first-order chi connectivity index (χ1) is 13.9. The fourth-order valence-electron chi connectivity index (χ4n) is 3.72. The second-order valence-electron chi connectivity index (χ2n) is 6.97. The smallest absolute Gasteiger partial charge is 0.273 e. The first kappa shape index (κ1) is 19.3. The average molecular weight is 414 g/mol. The van der Waals surface area contributed by atoms with E-state index in [9.17, 15) is 15.0 Å². The lowest BCUT2D eigenvalue weighted by Crippen LogP contribution is -2.32. The fourth-order valence-corrected chi connectivity index (χ4v) is 3.88. The first-order valence-corrected chi connectivity index (χ1v) is 9.46. The number of nitrogens with zero attached hydrogens (tertiary/aromatic N) is 2. The van der Waals surface area contributed by atoms with Crippen molar-refractivity contribution in [3.63, 3.8) is 0 Å². The van der Waals surface area contributed by atoms with E-state index in [1.807, 2.05) is 6.07 Å². The Kier molecular flexibility index (Phi) is 4.94. The Morgan fingerprint density at radius 2 is 2.07 bits per heavy atom. The number of phenolic OH excluding ortho intramolecular Hbond substituents is 2. The van der Waals surface area contributed by atoms with Gasteiger partial charge in [-0.15, -0.1) is 0 Å². The molecule has 1 aromatic heterocycles. The number of aromatic amines is 1. The van der Waals surface area contributed by atoms with Crippen LogP contribution in [0.2, 0.25) is 5.02 Å². The number of carbonyl (C=O) groups excluding carboxylic acids is 1. The number of carbonyl (C=O) groups is 1. The van der Waals surface area contributed by atoms with E-state index < -0.39 is 6.04 Å². The van der Waals surface area contributed by atoms with Gasteiger partial charge in [-0.25, -0.2) is 0 Å². The summed E-state index contributed by atoms with van der Waals surface area (Å²) in [6.07, 6.45) is 0. The van der Waals surface area contributed by atoms with Gasteiger partial charge < -0.3 is 19.8 Å². The molecule has 4 rings (SSSR count). The largest absolute Gasteiger partial charge is 0.508 e. The number of nitrogens with one attached hydrogen (secondary N) is 1. The molecule has 0 saturated carbocycles. The first-order valence-electron chi connectivity index (χ1n) is 9.09. The van der Waals surface area contributed by atoms with Crippen molar-refractivity contribution < 1.29 is 19.7 Å². The molecule has 2 aromatic carbocycles. The van der Waals surface area contributed by atoms with E-state index in [4.69, 9.17) is 16.3 Å². The van der Waals surface area contributed by atoms with Gasteiger partial charge in [0, 0.05) is 29.8 Å². The summed E-state index contributed by atoms with van der Waals surface area (Å²) in [5.74, 6) is -0.0955. The van der Waals surface area contributed by atoms with Gasteiger partial charge in [0.05, 0.1) is 12.6 Å². The van der Waals surface area contributed by atoms with Crippen LogP contribution < -0.4 is 0 Å². The minimum atomic E-state index is -0.493. The second kappa shape index (κ2) is 7.42. The molecule has 0 fully saturated rings. The zero-order valence-corrected chi connectivity index (χ0v) is 16.7. The topological polar surface area (TPSA) is 98.7 Å². The molecular formula is C21H20ClN3O4. The number of methoxy groups -OCH3 is 1. The van der Waals surface area contributed by atoms with E-state index in [0.717, 1.165) is 11.1 Å². The Labute approximate surface area is 172 Å². The number of aromatic hydroxyl groups is 2. The summed E-state index contributed by atoms with van der Waals surface area (Å²) in [6.45, 7) is 2.51. The molecule has 3 aromatic rings. The lowest BCUT2D eigenvalue weighted by atomic mass is 9.95. The molecule has 0 aliphatic carbocycles. The highest BCUT2D eigenvalue weighted by Crippen LogP contribution is 2.45. The normalized spacial score (nSPS) is 15.8. The zero-order chi connectivity index (χ0) is 20.7. The molecule has 29 heavy (non-hydrogen) atoms. The molecule has 0 saturated heterocycles. The van der Waals surface area contributed by atoms with Crippen LogP contribution in [0.1, 0.15) is 33.2 Å². The van der Waals surface area contributed by atoms with Crippen LogP contribution in [0.15, 0.2) is 36.4 Å². The number of halogens is 1. The van der Waals surface area contributed by atoms with Crippen molar-refractivity contribution >= 4 is 17.5 Å². The number of amides is 1. The van der Waals surface area contributed by atoms with Gasteiger partial charge in [-0.2, -0.15) is 5.10 Å². The molecule has 0 unspecified atom stereocenters. The van der Waals surface area contributed by atoms with E-state index in [0.29, 0.717) is 40.7 Å². The molecule has 0 spiro atoms. The molecule has 0 bridgehead atoms. The summed E-state index contributed by atoms with van der Waals surface area (Å²) < 4.78 is 5.17. The number of fused-ring (bicyclic) bond motifs is 1.